The van der Waals surface area contributed by atoms with Crippen LogP contribution >= 0.6 is 0 Å². The van der Waals surface area contributed by atoms with Crippen LogP contribution in [0.25, 0.3) is 0 Å². The van der Waals surface area contributed by atoms with Gasteiger partial charge in [0.25, 0.3) is 0 Å². The van der Waals surface area contributed by atoms with Crippen LogP contribution in [0.5, 0.6) is 0 Å². The van der Waals surface area contributed by atoms with Crippen molar-refractivity contribution in [3.63, 3.8) is 0 Å². The van der Waals surface area contributed by atoms with Crippen LogP contribution in [0.1, 0.15) is 116 Å². The van der Waals surface area contributed by atoms with Crippen LogP contribution in [0, 0.1) is 11.1 Å². The van der Waals surface area contributed by atoms with Gasteiger partial charge in [0.2, 0.25) is 0 Å². The Morgan fingerprint density at radius 1 is 1.24 bits per heavy atom. The highest BCUT2D eigenvalue weighted by Crippen LogP contribution is 2.53. The molecule has 0 saturated heterocycles. The zero-order valence-electron chi connectivity index (χ0n) is 19.9. The molecule has 0 radical (unpaired) electrons. The Morgan fingerprint density at radius 3 is 2.62 bits per heavy atom. The van der Waals surface area contributed by atoms with Crippen molar-refractivity contribution in [2.24, 2.45) is 5.92 Å². The molecule has 1 saturated carbocycles. The normalized spacial score (nSPS) is 30.7. The standard InChI is InChI=1S/C26H43NO2/c1-8-9-15-24(4,5)29-27(28)26(7)17-10-16-25(6)22-13-11-20(19(2)3)18-21(22)12-14-23(25)26/h11,13,18-19,23,27H,8-10,12,14-17H2,1-7H3. The second kappa shape index (κ2) is 8.32. The molecule has 4 atom stereocenters. The number of unbranched alkanes of at least 4 members (excludes halogenated alkanes) is 1. The van der Waals surface area contributed by atoms with Crippen LogP contribution in [0.15, 0.2) is 18.2 Å². The highest BCUT2D eigenvalue weighted by atomic mass is 16.9. The second-order valence-electron chi connectivity index (χ2n) is 11.1. The number of fused-ring (bicyclic) bond motifs is 3. The van der Waals surface area contributed by atoms with E-state index in [1.807, 2.05) is 0 Å². The van der Waals surface area contributed by atoms with Gasteiger partial charge in [0, 0.05) is 17.8 Å². The van der Waals surface area contributed by atoms with E-state index in [1.54, 1.807) is 0 Å². The molecule has 164 valence electrons. The van der Waals surface area contributed by atoms with Crippen molar-refractivity contribution >= 4 is 0 Å². The van der Waals surface area contributed by atoms with Crippen LogP contribution in [-0.4, -0.2) is 11.1 Å². The maximum Gasteiger partial charge on any atom is 0.128 e. The van der Waals surface area contributed by atoms with Crippen molar-refractivity contribution in [1.29, 1.82) is 0 Å². The van der Waals surface area contributed by atoms with Crippen LogP contribution in [0.2, 0.25) is 0 Å². The van der Waals surface area contributed by atoms with E-state index in [0.29, 0.717) is 11.8 Å². The second-order valence-corrected chi connectivity index (χ2v) is 11.1. The SMILES string of the molecule is CCCCC(C)(C)O[NH+]([O-])C1(C)CCCC2(C)c3ccc(C(C)C)cc3CCC21. The molecular weight excluding hydrogens is 358 g/mol. The van der Waals surface area contributed by atoms with Crippen LogP contribution in [-0.2, 0) is 16.7 Å². The van der Waals surface area contributed by atoms with Crippen molar-refractivity contribution in [2.75, 3.05) is 0 Å². The molecule has 0 heterocycles. The van der Waals surface area contributed by atoms with Gasteiger partial charge < -0.3 is 5.21 Å². The monoisotopic (exact) mass is 401 g/mol. The molecule has 0 aliphatic heterocycles. The number of quaternary nitrogens is 1. The molecule has 1 fully saturated rings. The van der Waals surface area contributed by atoms with E-state index in [4.69, 9.17) is 4.84 Å². The third-order valence-electron chi connectivity index (χ3n) is 8.01. The molecule has 4 unspecified atom stereocenters. The van der Waals surface area contributed by atoms with E-state index >= 15 is 0 Å². The molecule has 3 nitrogen and oxygen atoms in total. The summed E-state index contributed by atoms with van der Waals surface area (Å²) in [6, 6.07) is 7.12. The Bertz CT molecular complexity index is 713. The summed E-state index contributed by atoms with van der Waals surface area (Å²) in [6.45, 7) is 15.5. The highest BCUT2D eigenvalue weighted by Gasteiger charge is 2.56. The fourth-order valence-electron chi connectivity index (χ4n) is 6.14. The Balaban J connectivity index is 1.88. The van der Waals surface area contributed by atoms with Gasteiger partial charge in [0.15, 0.2) is 0 Å². The maximum absolute atomic E-state index is 13.5. The molecular formula is C26H43NO2. The molecule has 1 aromatic rings. The third-order valence-corrected chi connectivity index (χ3v) is 8.01. The van der Waals surface area contributed by atoms with Gasteiger partial charge in [-0.3, -0.25) is 0 Å². The smallest absolute Gasteiger partial charge is 0.128 e. The Kier molecular flexibility index (Phi) is 6.54. The molecule has 2 aliphatic carbocycles. The minimum atomic E-state index is -0.384. The van der Waals surface area contributed by atoms with E-state index in [9.17, 15) is 5.21 Å². The van der Waals surface area contributed by atoms with Crippen molar-refractivity contribution in [3.05, 3.63) is 40.1 Å². The number of benzene rings is 1. The first kappa shape index (κ1) is 22.8. The average Bonchev–Trinajstić information content (AvgIpc) is 2.65. The van der Waals surface area contributed by atoms with Crippen LogP contribution < -0.4 is 5.23 Å². The number of aryl methyl sites for hydroxylation is 1. The fraction of sp³-hybridized carbons (Fsp3) is 0.769. The summed E-state index contributed by atoms with van der Waals surface area (Å²) in [6.07, 6.45) is 8.57. The lowest BCUT2D eigenvalue weighted by Gasteiger charge is -2.57. The molecule has 0 spiro atoms. The molecule has 0 bridgehead atoms. The van der Waals surface area contributed by atoms with Gasteiger partial charge in [-0.25, -0.2) is 5.23 Å². The van der Waals surface area contributed by atoms with Gasteiger partial charge >= 0.3 is 0 Å². The molecule has 3 rings (SSSR count). The minimum Gasteiger partial charge on any atom is -0.599 e. The summed E-state index contributed by atoms with van der Waals surface area (Å²) < 4.78 is 0. The fourth-order valence-corrected chi connectivity index (χ4v) is 6.14. The van der Waals surface area contributed by atoms with E-state index < -0.39 is 0 Å². The number of nitrogens with one attached hydrogen (secondary N) is 1. The molecule has 0 amide bonds. The van der Waals surface area contributed by atoms with Gasteiger partial charge in [0.1, 0.15) is 11.1 Å². The number of hydrogen-bond acceptors (Lipinski definition) is 2. The maximum atomic E-state index is 13.5. The van der Waals surface area contributed by atoms with E-state index in [0.717, 1.165) is 44.9 Å². The lowest BCUT2D eigenvalue weighted by Crippen LogP contribution is -3.17. The molecule has 3 heteroatoms. The zero-order chi connectivity index (χ0) is 21.4. The van der Waals surface area contributed by atoms with E-state index in [-0.39, 0.29) is 21.8 Å². The minimum absolute atomic E-state index is 0.0387. The van der Waals surface area contributed by atoms with Crippen molar-refractivity contribution in [2.45, 2.75) is 122 Å². The van der Waals surface area contributed by atoms with Gasteiger partial charge in [-0.1, -0.05) is 58.7 Å². The van der Waals surface area contributed by atoms with Gasteiger partial charge in [0.05, 0.1) is 0 Å². The van der Waals surface area contributed by atoms with Crippen LogP contribution in [0.4, 0.5) is 0 Å². The predicted octanol–water partition coefficient (Wildman–Crippen LogP) is 5.86. The average molecular weight is 402 g/mol. The van der Waals surface area contributed by atoms with E-state index in [2.05, 4.69) is 66.7 Å². The molecule has 1 aromatic carbocycles. The molecule has 1 N–H and O–H groups in total. The van der Waals surface area contributed by atoms with Crippen LogP contribution in [0.3, 0.4) is 0 Å². The number of rotatable bonds is 7. The lowest BCUT2D eigenvalue weighted by atomic mass is 9.52. The first-order valence-corrected chi connectivity index (χ1v) is 11.9. The van der Waals surface area contributed by atoms with Gasteiger partial charge in [-0.2, -0.15) is 4.84 Å². The van der Waals surface area contributed by atoms with E-state index in [1.165, 1.54) is 23.1 Å². The van der Waals surface area contributed by atoms with Gasteiger partial charge in [-0.05, 0) is 75.5 Å². The molecule has 0 aromatic heterocycles. The van der Waals surface area contributed by atoms with Gasteiger partial charge in [-0.15, -0.1) is 0 Å². The first-order chi connectivity index (χ1) is 13.5. The zero-order valence-corrected chi connectivity index (χ0v) is 19.9. The van der Waals surface area contributed by atoms with Crippen molar-refractivity contribution < 1.29 is 10.1 Å². The Morgan fingerprint density at radius 2 is 1.97 bits per heavy atom. The largest absolute Gasteiger partial charge is 0.599 e. The Labute approximate surface area is 178 Å². The number of hydroxylamine groups is 2. The van der Waals surface area contributed by atoms with Crippen molar-refractivity contribution in [3.8, 4) is 0 Å². The summed E-state index contributed by atoms with van der Waals surface area (Å²) in [5.41, 5.74) is 3.75. The molecule has 29 heavy (non-hydrogen) atoms. The quantitative estimate of drug-likeness (QED) is 0.581. The third kappa shape index (κ3) is 4.29. The topological polar surface area (TPSA) is 36.7 Å². The molecule has 2 aliphatic rings. The first-order valence-electron chi connectivity index (χ1n) is 11.9. The lowest BCUT2D eigenvalue weighted by molar-refractivity contribution is -1.11. The Hall–Kier alpha value is -0.900. The summed E-state index contributed by atoms with van der Waals surface area (Å²) in [5.74, 6) is 0.915. The highest BCUT2D eigenvalue weighted by molar-refractivity contribution is 5.42. The summed E-state index contributed by atoms with van der Waals surface area (Å²) in [4.78, 5) is 6.18. The predicted molar refractivity (Wildman–Crippen MR) is 121 cm³/mol. The number of hydrogen-bond donors (Lipinski definition) is 1. The van der Waals surface area contributed by atoms with Crippen molar-refractivity contribution in [1.82, 2.24) is 0 Å². The summed E-state index contributed by atoms with van der Waals surface area (Å²) in [5, 5.41) is 13.6. The summed E-state index contributed by atoms with van der Waals surface area (Å²) >= 11 is 0. The summed E-state index contributed by atoms with van der Waals surface area (Å²) in [7, 11) is 0.